The van der Waals surface area contributed by atoms with Crippen LogP contribution >= 0.6 is 0 Å². The summed E-state index contributed by atoms with van der Waals surface area (Å²) < 4.78 is 43.8. The van der Waals surface area contributed by atoms with Crippen molar-refractivity contribution in [3.63, 3.8) is 0 Å². The second kappa shape index (κ2) is 7.87. The average Bonchev–Trinajstić information content (AvgIpc) is 3.05. The molecule has 0 aliphatic heterocycles. The Kier molecular flexibility index (Phi) is 5.84. The quantitative estimate of drug-likeness (QED) is 0.866. The number of amides is 2. The lowest BCUT2D eigenvalue weighted by atomic mass is 10.1. The second-order valence-electron chi connectivity index (χ2n) is 5.42. The number of rotatable bonds is 6. The zero-order valence-corrected chi connectivity index (χ0v) is 13.5. The van der Waals surface area contributed by atoms with Gasteiger partial charge in [0.15, 0.2) is 0 Å². The first-order chi connectivity index (χ1) is 11.8. The van der Waals surface area contributed by atoms with Crippen LogP contribution in [0.5, 0.6) is 0 Å². The van der Waals surface area contributed by atoms with Crippen LogP contribution in [0.4, 0.5) is 18.9 Å². The van der Waals surface area contributed by atoms with Crippen LogP contribution in [0.1, 0.15) is 17.7 Å². The smallest absolute Gasteiger partial charge is 0.418 e. The maximum Gasteiger partial charge on any atom is 0.418 e. The predicted molar refractivity (Wildman–Crippen MR) is 84.7 cm³/mol. The van der Waals surface area contributed by atoms with Gasteiger partial charge in [0, 0.05) is 19.9 Å². The van der Waals surface area contributed by atoms with Crippen molar-refractivity contribution < 1.29 is 27.2 Å². The molecule has 134 valence electrons. The van der Waals surface area contributed by atoms with Gasteiger partial charge in [-0.3, -0.25) is 9.59 Å². The number of halogens is 3. The average molecular weight is 354 g/mol. The summed E-state index contributed by atoms with van der Waals surface area (Å²) in [5.41, 5.74) is -1.27. The summed E-state index contributed by atoms with van der Waals surface area (Å²) >= 11 is 0. The highest BCUT2D eigenvalue weighted by Gasteiger charge is 2.33. The number of alkyl halides is 3. The Balaban J connectivity index is 1.90. The van der Waals surface area contributed by atoms with E-state index in [0.717, 1.165) is 11.0 Å². The van der Waals surface area contributed by atoms with Gasteiger partial charge in [-0.1, -0.05) is 12.1 Å². The summed E-state index contributed by atoms with van der Waals surface area (Å²) in [5.74, 6) is -0.369. The molecule has 1 N–H and O–H groups in total. The number of benzene rings is 1. The van der Waals surface area contributed by atoms with Crippen molar-refractivity contribution in [3.8, 4) is 0 Å². The standard InChI is InChI=1S/C17H17F3N2O3/c1-22(16(24)9-8-12-5-4-10-25-12)11-15(23)21-14-7-3-2-6-13(14)17(18,19)20/h2-7,10H,8-9,11H2,1H3,(H,21,23). The number of para-hydroxylation sites is 1. The van der Waals surface area contributed by atoms with Gasteiger partial charge in [0.1, 0.15) is 5.76 Å². The van der Waals surface area contributed by atoms with Gasteiger partial charge in [-0.25, -0.2) is 0 Å². The Labute approximate surface area is 142 Å². The summed E-state index contributed by atoms with van der Waals surface area (Å²) in [6.45, 7) is -0.344. The number of nitrogens with one attached hydrogen (secondary N) is 1. The molecule has 1 heterocycles. The Morgan fingerprint density at radius 3 is 2.52 bits per heavy atom. The monoisotopic (exact) mass is 354 g/mol. The van der Waals surface area contributed by atoms with Gasteiger partial charge in [0.05, 0.1) is 24.1 Å². The van der Waals surface area contributed by atoms with E-state index in [1.807, 2.05) is 0 Å². The van der Waals surface area contributed by atoms with Crippen LogP contribution in [-0.2, 0) is 22.2 Å². The van der Waals surface area contributed by atoms with Gasteiger partial charge in [-0.05, 0) is 24.3 Å². The fourth-order valence-electron chi connectivity index (χ4n) is 2.21. The normalized spacial score (nSPS) is 11.2. The van der Waals surface area contributed by atoms with Crippen molar-refractivity contribution in [1.82, 2.24) is 4.90 Å². The molecular weight excluding hydrogens is 337 g/mol. The van der Waals surface area contributed by atoms with Gasteiger partial charge >= 0.3 is 6.18 Å². The van der Waals surface area contributed by atoms with Crippen LogP contribution in [0.25, 0.3) is 0 Å². The highest BCUT2D eigenvalue weighted by molar-refractivity contribution is 5.95. The van der Waals surface area contributed by atoms with Crippen LogP contribution in [0, 0.1) is 0 Å². The number of hydrogen-bond donors (Lipinski definition) is 1. The number of nitrogens with zero attached hydrogens (tertiary/aromatic N) is 1. The summed E-state index contributed by atoms with van der Waals surface area (Å²) in [6, 6.07) is 8.11. The molecule has 0 radical (unpaired) electrons. The Morgan fingerprint density at radius 1 is 1.16 bits per heavy atom. The molecule has 2 aromatic rings. The third kappa shape index (κ3) is 5.37. The van der Waals surface area contributed by atoms with E-state index in [1.165, 1.54) is 31.5 Å². The Hall–Kier alpha value is -2.77. The topological polar surface area (TPSA) is 62.6 Å². The molecule has 1 aromatic carbocycles. The molecule has 0 atom stereocenters. The molecule has 25 heavy (non-hydrogen) atoms. The number of anilines is 1. The Morgan fingerprint density at radius 2 is 1.88 bits per heavy atom. The van der Waals surface area contributed by atoms with Gasteiger partial charge in [0.2, 0.25) is 11.8 Å². The SMILES string of the molecule is CN(CC(=O)Nc1ccccc1C(F)(F)F)C(=O)CCc1ccco1. The van der Waals surface area contributed by atoms with Crippen molar-refractivity contribution >= 4 is 17.5 Å². The minimum Gasteiger partial charge on any atom is -0.469 e. The van der Waals surface area contributed by atoms with Crippen molar-refractivity contribution in [3.05, 3.63) is 54.0 Å². The number of furan rings is 1. The Bertz CT molecular complexity index is 727. The lowest BCUT2D eigenvalue weighted by Crippen LogP contribution is -2.35. The summed E-state index contributed by atoms with van der Waals surface area (Å²) in [7, 11) is 1.42. The van der Waals surface area contributed by atoms with Crippen molar-refractivity contribution in [2.45, 2.75) is 19.0 Å². The molecule has 0 unspecified atom stereocenters. The van der Waals surface area contributed by atoms with E-state index in [2.05, 4.69) is 5.32 Å². The highest BCUT2D eigenvalue weighted by Crippen LogP contribution is 2.34. The molecule has 2 rings (SSSR count). The third-order valence-corrected chi connectivity index (χ3v) is 3.48. The van der Waals surface area contributed by atoms with Gasteiger partial charge in [-0.2, -0.15) is 13.2 Å². The first-order valence-electron chi connectivity index (χ1n) is 7.50. The first kappa shape index (κ1) is 18.6. The lowest BCUT2D eigenvalue weighted by Gasteiger charge is -2.18. The molecule has 0 bridgehead atoms. The fourth-order valence-corrected chi connectivity index (χ4v) is 2.21. The van der Waals surface area contributed by atoms with Crippen LogP contribution < -0.4 is 5.32 Å². The molecule has 2 amide bonds. The molecule has 0 aliphatic rings. The molecule has 0 aliphatic carbocycles. The van der Waals surface area contributed by atoms with Crippen LogP contribution in [0.15, 0.2) is 47.1 Å². The molecule has 5 nitrogen and oxygen atoms in total. The highest BCUT2D eigenvalue weighted by atomic mass is 19.4. The number of aryl methyl sites for hydroxylation is 1. The minimum atomic E-state index is -4.57. The zero-order valence-electron chi connectivity index (χ0n) is 13.5. The zero-order chi connectivity index (χ0) is 18.4. The molecule has 0 saturated carbocycles. The molecule has 0 fully saturated rings. The van der Waals surface area contributed by atoms with Crippen molar-refractivity contribution in [2.24, 2.45) is 0 Å². The summed E-state index contributed by atoms with van der Waals surface area (Å²) in [5, 5.41) is 2.20. The molecular formula is C17H17F3N2O3. The predicted octanol–water partition coefficient (Wildman–Crippen LogP) is 3.33. The molecule has 0 saturated heterocycles. The maximum atomic E-state index is 12.9. The maximum absolute atomic E-state index is 12.9. The van der Waals surface area contributed by atoms with E-state index in [4.69, 9.17) is 4.42 Å². The van der Waals surface area contributed by atoms with Crippen molar-refractivity contribution in [1.29, 1.82) is 0 Å². The van der Waals surface area contributed by atoms with E-state index < -0.39 is 17.6 Å². The summed E-state index contributed by atoms with van der Waals surface area (Å²) in [6.07, 6.45) is -2.56. The van der Waals surface area contributed by atoms with Gasteiger partial charge < -0.3 is 14.6 Å². The molecule has 0 spiro atoms. The minimum absolute atomic E-state index is 0.135. The lowest BCUT2D eigenvalue weighted by molar-refractivity contribution is -0.137. The molecule has 8 heteroatoms. The van der Waals surface area contributed by atoms with E-state index in [0.29, 0.717) is 12.2 Å². The van der Waals surface area contributed by atoms with E-state index >= 15 is 0 Å². The van der Waals surface area contributed by atoms with Gasteiger partial charge in [-0.15, -0.1) is 0 Å². The van der Waals surface area contributed by atoms with Crippen molar-refractivity contribution in [2.75, 3.05) is 18.9 Å². The largest absolute Gasteiger partial charge is 0.469 e. The fraction of sp³-hybridized carbons (Fsp3) is 0.294. The number of carbonyl (C=O) groups is 2. The van der Waals surface area contributed by atoms with Gasteiger partial charge in [0.25, 0.3) is 0 Å². The number of carbonyl (C=O) groups excluding carboxylic acids is 2. The van der Waals surface area contributed by atoms with Crippen LogP contribution in [-0.4, -0.2) is 30.3 Å². The number of hydrogen-bond acceptors (Lipinski definition) is 3. The molecule has 1 aromatic heterocycles. The van der Waals surface area contributed by atoms with E-state index in [1.54, 1.807) is 12.1 Å². The van der Waals surface area contributed by atoms with E-state index in [9.17, 15) is 22.8 Å². The van der Waals surface area contributed by atoms with E-state index in [-0.39, 0.29) is 24.6 Å². The third-order valence-electron chi connectivity index (χ3n) is 3.48. The first-order valence-corrected chi connectivity index (χ1v) is 7.50. The second-order valence-corrected chi connectivity index (χ2v) is 5.42. The number of likely N-dealkylation sites (N-methyl/N-ethyl adjacent to an activating group) is 1. The van der Waals surface area contributed by atoms with Crippen LogP contribution in [0.3, 0.4) is 0 Å². The van der Waals surface area contributed by atoms with Crippen LogP contribution in [0.2, 0.25) is 0 Å². The summed E-state index contributed by atoms with van der Waals surface area (Å²) in [4.78, 5) is 25.1.